The van der Waals surface area contributed by atoms with Gasteiger partial charge in [-0.25, -0.2) is 13.8 Å². The fraction of sp³-hybridized carbons (Fsp3) is 0.154. The van der Waals surface area contributed by atoms with E-state index in [2.05, 4.69) is 10.3 Å². The fourth-order valence-corrected chi connectivity index (χ4v) is 4.54. The van der Waals surface area contributed by atoms with Crippen LogP contribution in [0.4, 0.5) is 13.9 Å². The largest absolute Gasteiger partial charge is 0.301 e. The van der Waals surface area contributed by atoms with Crippen LogP contribution < -0.4 is 5.32 Å². The Morgan fingerprint density at radius 1 is 0.906 bits per heavy atom. The average Bonchev–Trinajstić information content (AvgIpc) is 3.25. The molecule has 0 radical (unpaired) electrons. The summed E-state index contributed by atoms with van der Waals surface area (Å²) in [7, 11) is 0. The summed E-state index contributed by atoms with van der Waals surface area (Å²) in [6.45, 7) is 3.83. The highest BCUT2D eigenvalue weighted by Crippen LogP contribution is 2.42. The number of benzene rings is 3. The van der Waals surface area contributed by atoms with Crippen molar-refractivity contribution >= 4 is 22.4 Å². The van der Waals surface area contributed by atoms with E-state index in [1.807, 2.05) is 74.5 Å². The number of carbonyl (C=O) groups is 1. The lowest BCUT2D eigenvalue weighted by Gasteiger charge is -2.33. The SMILES string of the molecule is CC(C)(C(=O)Nc1nc(-c2ccc(F)c(F)c2)cs1)C(c1ccccc1)c1ccccc1. The van der Waals surface area contributed by atoms with Crippen molar-refractivity contribution < 1.29 is 13.6 Å². The Balaban J connectivity index is 1.61. The van der Waals surface area contributed by atoms with Gasteiger partial charge in [-0.2, -0.15) is 0 Å². The molecule has 1 N–H and O–H groups in total. The minimum atomic E-state index is -0.934. The van der Waals surface area contributed by atoms with Crippen molar-refractivity contribution in [1.82, 2.24) is 4.98 Å². The summed E-state index contributed by atoms with van der Waals surface area (Å²) in [5, 5.41) is 5.03. The third-order valence-electron chi connectivity index (χ3n) is 5.51. The number of nitrogens with zero attached hydrogens (tertiary/aromatic N) is 1. The molecule has 0 unspecified atom stereocenters. The molecule has 0 saturated carbocycles. The number of halogens is 2. The molecule has 32 heavy (non-hydrogen) atoms. The summed E-state index contributed by atoms with van der Waals surface area (Å²) in [4.78, 5) is 17.8. The second kappa shape index (κ2) is 9.01. The molecular formula is C26H22F2N2OS. The van der Waals surface area contributed by atoms with Gasteiger partial charge in [-0.05, 0) is 29.3 Å². The number of nitrogens with one attached hydrogen (secondary N) is 1. The van der Waals surface area contributed by atoms with Crippen LogP contribution in [0.15, 0.2) is 84.2 Å². The van der Waals surface area contributed by atoms with Crippen LogP contribution in [0.3, 0.4) is 0 Å². The Hall–Kier alpha value is -3.38. The molecule has 0 bridgehead atoms. The Morgan fingerprint density at radius 3 is 2.06 bits per heavy atom. The molecule has 1 heterocycles. The van der Waals surface area contributed by atoms with E-state index in [4.69, 9.17) is 0 Å². The average molecular weight is 449 g/mol. The molecule has 0 atom stereocenters. The zero-order chi connectivity index (χ0) is 22.7. The summed E-state index contributed by atoms with van der Waals surface area (Å²) in [5.74, 6) is -2.19. The maximum atomic E-state index is 13.6. The van der Waals surface area contributed by atoms with Gasteiger partial charge < -0.3 is 5.32 Å². The number of aromatic nitrogens is 1. The van der Waals surface area contributed by atoms with Crippen molar-refractivity contribution in [2.45, 2.75) is 19.8 Å². The van der Waals surface area contributed by atoms with Gasteiger partial charge in [0.1, 0.15) is 0 Å². The van der Waals surface area contributed by atoms with Gasteiger partial charge >= 0.3 is 0 Å². The van der Waals surface area contributed by atoms with Gasteiger partial charge in [0.15, 0.2) is 16.8 Å². The molecule has 6 heteroatoms. The quantitative estimate of drug-likeness (QED) is 0.349. The van der Waals surface area contributed by atoms with Crippen LogP contribution >= 0.6 is 11.3 Å². The van der Waals surface area contributed by atoms with E-state index in [9.17, 15) is 13.6 Å². The minimum Gasteiger partial charge on any atom is -0.301 e. The van der Waals surface area contributed by atoms with Crippen molar-refractivity contribution in [2.24, 2.45) is 5.41 Å². The van der Waals surface area contributed by atoms with Crippen LogP contribution in [-0.4, -0.2) is 10.9 Å². The molecule has 0 spiro atoms. The summed E-state index contributed by atoms with van der Waals surface area (Å²) < 4.78 is 26.8. The van der Waals surface area contributed by atoms with Gasteiger partial charge in [0.25, 0.3) is 0 Å². The van der Waals surface area contributed by atoms with Crippen molar-refractivity contribution in [3.8, 4) is 11.3 Å². The van der Waals surface area contributed by atoms with Gasteiger partial charge in [-0.1, -0.05) is 74.5 Å². The topological polar surface area (TPSA) is 42.0 Å². The van der Waals surface area contributed by atoms with E-state index in [0.717, 1.165) is 23.3 Å². The molecule has 4 aromatic rings. The molecular weight excluding hydrogens is 426 g/mol. The van der Waals surface area contributed by atoms with Crippen molar-refractivity contribution in [2.75, 3.05) is 5.32 Å². The molecule has 0 aliphatic rings. The zero-order valence-electron chi connectivity index (χ0n) is 17.7. The number of hydrogen-bond acceptors (Lipinski definition) is 3. The second-order valence-electron chi connectivity index (χ2n) is 8.10. The van der Waals surface area contributed by atoms with E-state index < -0.39 is 17.0 Å². The molecule has 3 nitrogen and oxygen atoms in total. The highest BCUT2D eigenvalue weighted by molar-refractivity contribution is 7.14. The Kier molecular flexibility index (Phi) is 6.15. The molecule has 0 aliphatic carbocycles. The number of anilines is 1. The van der Waals surface area contributed by atoms with Crippen molar-refractivity contribution in [3.05, 3.63) is 107 Å². The lowest BCUT2D eigenvalue weighted by molar-refractivity contribution is -0.124. The molecule has 0 fully saturated rings. The van der Waals surface area contributed by atoms with E-state index in [1.165, 1.54) is 17.4 Å². The molecule has 0 saturated heterocycles. The van der Waals surface area contributed by atoms with E-state index in [1.54, 1.807) is 5.38 Å². The molecule has 162 valence electrons. The first-order valence-electron chi connectivity index (χ1n) is 10.2. The maximum absolute atomic E-state index is 13.6. The Labute approximate surface area is 189 Å². The normalized spacial score (nSPS) is 11.5. The van der Waals surface area contributed by atoms with E-state index >= 15 is 0 Å². The Morgan fingerprint density at radius 2 is 1.50 bits per heavy atom. The monoisotopic (exact) mass is 448 g/mol. The number of rotatable bonds is 6. The first-order chi connectivity index (χ1) is 15.4. The highest BCUT2D eigenvalue weighted by atomic mass is 32.1. The van der Waals surface area contributed by atoms with Gasteiger partial charge in [0, 0.05) is 16.9 Å². The number of hydrogen-bond donors (Lipinski definition) is 1. The summed E-state index contributed by atoms with van der Waals surface area (Å²) in [5.41, 5.74) is 2.22. The summed E-state index contributed by atoms with van der Waals surface area (Å²) in [6.07, 6.45) is 0. The third kappa shape index (κ3) is 4.46. The smallest absolute Gasteiger partial charge is 0.232 e. The first-order valence-corrected chi connectivity index (χ1v) is 11.1. The van der Waals surface area contributed by atoms with Gasteiger partial charge in [-0.15, -0.1) is 11.3 Å². The lowest BCUT2D eigenvalue weighted by Crippen LogP contribution is -2.37. The standard InChI is InChI=1S/C26H22F2N2OS/c1-26(2,23(17-9-5-3-6-10-17)18-11-7-4-8-12-18)24(31)30-25-29-22(16-32-25)19-13-14-20(27)21(28)15-19/h3-16,23H,1-2H3,(H,29,30,31). The van der Waals surface area contributed by atoms with Gasteiger partial charge in [0.2, 0.25) is 5.91 Å². The van der Waals surface area contributed by atoms with Crippen LogP contribution in [0.25, 0.3) is 11.3 Å². The molecule has 4 rings (SSSR count). The van der Waals surface area contributed by atoms with Gasteiger partial charge in [0.05, 0.1) is 11.1 Å². The highest BCUT2D eigenvalue weighted by Gasteiger charge is 2.39. The lowest BCUT2D eigenvalue weighted by atomic mass is 9.70. The van der Waals surface area contributed by atoms with E-state index in [-0.39, 0.29) is 11.8 Å². The van der Waals surface area contributed by atoms with Crippen LogP contribution in [0.2, 0.25) is 0 Å². The predicted octanol–water partition coefficient (Wildman–Crippen LogP) is 6.89. The molecule has 1 amide bonds. The first kappa shape index (κ1) is 21.8. The van der Waals surface area contributed by atoms with E-state index in [0.29, 0.717) is 16.4 Å². The maximum Gasteiger partial charge on any atom is 0.232 e. The predicted molar refractivity (Wildman–Crippen MR) is 125 cm³/mol. The molecule has 3 aromatic carbocycles. The summed E-state index contributed by atoms with van der Waals surface area (Å²) >= 11 is 1.24. The second-order valence-corrected chi connectivity index (χ2v) is 8.96. The number of thiazole rings is 1. The molecule has 1 aromatic heterocycles. The summed E-state index contributed by atoms with van der Waals surface area (Å²) in [6, 6.07) is 23.5. The van der Waals surface area contributed by atoms with Crippen molar-refractivity contribution in [3.63, 3.8) is 0 Å². The van der Waals surface area contributed by atoms with Crippen LogP contribution in [0, 0.1) is 17.0 Å². The zero-order valence-corrected chi connectivity index (χ0v) is 18.5. The fourth-order valence-electron chi connectivity index (χ4n) is 3.83. The van der Waals surface area contributed by atoms with Crippen LogP contribution in [0.5, 0.6) is 0 Å². The molecule has 0 aliphatic heterocycles. The number of carbonyl (C=O) groups excluding carboxylic acids is 1. The third-order valence-corrected chi connectivity index (χ3v) is 6.27. The number of amides is 1. The van der Waals surface area contributed by atoms with Crippen LogP contribution in [-0.2, 0) is 4.79 Å². The van der Waals surface area contributed by atoms with Gasteiger partial charge in [-0.3, -0.25) is 4.79 Å². The minimum absolute atomic E-state index is 0.171. The Bertz CT molecular complexity index is 1180. The van der Waals surface area contributed by atoms with Crippen LogP contribution in [0.1, 0.15) is 30.9 Å². The van der Waals surface area contributed by atoms with Crippen molar-refractivity contribution in [1.29, 1.82) is 0 Å².